The van der Waals surface area contributed by atoms with E-state index in [0.717, 1.165) is 51.2 Å². The summed E-state index contributed by atoms with van der Waals surface area (Å²) < 4.78 is 7.82. The fourth-order valence-electron chi connectivity index (χ4n) is 4.55. The van der Waals surface area contributed by atoms with Crippen LogP contribution in [0.2, 0.25) is 0 Å². The van der Waals surface area contributed by atoms with Crippen LogP contribution in [0.3, 0.4) is 0 Å². The molecule has 0 radical (unpaired) electrons. The molecular formula is C21H39IN6O. The number of ether oxygens (including phenoxy) is 1. The molecule has 2 heterocycles. The van der Waals surface area contributed by atoms with E-state index < -0.39 is 0 Å². The van der Waals surface area contributed by atoms with Gasteiger partial charge in [0.05, 0.1) is 19.8 Å². The van der Waals surface area contributed by atoms with E-state index in [1.165, 1.54) is 32.1 Å². The first-order chi connectivity index (χ1) is 13.6. The van der Waals surface area contributed by atoms with E-state index in [1.54, 1.807) is 0 Å². The van der Waals surface area contributed by atoms with Crippen LogP contribution in [0.5, 0.6) is 0 Å². The molecule has 2 fully saturated rings. The van der Waals surface area contributed by atoms with E-state index in [-0.39, 0.29) is 29.5 Å². The Kier molecular flexibility index (Phi) is 10.2. The van der Waals surface area contributed by atoms with Gasteiger partial charge in [-0.05, 0) is 18.8 Å². The maximum atomic E-state index is 5.59. The summed E-state index contributed by atoms with van der Waals surface area (Å²) in [7, 11) is 1.85. The topological polar surface area (TPSA) is 66.7 Å². The third-order valence-electron chi connectivity index (χ3n) is 6.05. The summed E-state index contributed by atoms with van der Waals surface area (Å²) in [5.74, 6) is 2.51. The van der Waals surface area contributed by atoms with Gasteiger partial charge in [-0.25, -0.2) is 4.98 Å². The Bertz CT molecular complexity index is 620. The molecule has 29 heavy (non-hydrogen) atoms. The van der Waals surface area contributed by atoms with Crippen LogP contribution in [-0.2, 0) is 17.8 Å². The Morgan fingerprint density at radius 2 is 1.93 bits per heavy atom. The van der Waals surface area contributed by atoms with Gasteiger partial charge in [0.25, 0.3) is 0 Å². The number of aromatic nitrogens is 2. The lowest BCUT2D eigenvalue weighted by atomic mass is 9.80. The lowest BCUT2D eigenvalue weighted by Gasteiger charge is -2.48. The molecule has 1 aromatic rings. The first-order valence-corrected chi connectivity index (χ1v) is 10.9. The maximum Gasteiger partial charge on any atom is 0.191 e. The molecule has 1 saturated carbocycles. The highest BCUT2D eigenvalue weighted by molar-refractivity contribution is 14.0. The lowest BCUT2D eigenvalue weighted by molar-refractivity contribution is -0.0352. The van der Waals surface area contributed by atoms with E-state index >= 15 is 0 Å². The summed E-state index contributed by atoms with van der Waals surface area (Å²) in [6.07, 6.45) is 10.5. The molecule has 2 aliphatic rings. The van der Waals surface area contributed by atoms with Gasteiger partial charge in [0.1, 0.15) is 5.82 Å². The third kappa shape index (κ3) is 6.82. The number of halogens is 1. The number of aliphatic imine (C=N–C) groups is 1. The fourth-order valence-corrected chi connectivity index (χ4v) is 4.55. The Morgan fingerprint density at radius 3 is 2.59 bits per heavy atom. The van der Waals surface area contributed by atoms with Crippen LogP contribution in [0.1, 0.15) is 51.8 Å². The van der Waals surface area contributed by atoms with Crippen LogP contribution >= 0.6 is 24.0 Å². The molecule has 1 aliphatic heterocycles. The third-order valence-corrected chi connectivity index (χ3v) is 6.05. The summed E-state index contributed by atoms with van der Waals surface area (Å²) in [5.41, 5.74) is 0.232. The molecule has 1 aromatic heterocycles. The number of hydrogen-bond acceptors (Lipinski definition) is 4. The van der Waals surface area contributed by atoms with E-state index in [0.29, 0.717) is 12.5 Å². The molecule has 0 amide bonds. The lowest BCUT2D eigenvalue weighted by Crippen LogP contribution is -2.60. The monoisotopic (exact) mass is 518 g/mol. The van der Waals surface area contributed by atoms with Gasteiger partial charge in [-0.2, -0.15) is 0 Å². The zero-order chi connectivity index (χ0) is 19.8. The largest absolute Gasteiger partial charge is 0.379 e. The Balaban J connectivity index is 0.00000300. The van der Waals surface area contributed by atoms with Gasteiger partial charge in [0.2, 0.25) is 0 Å². The number of rotatable bonds is 7. The predicted molar refractivity (Wildman–Crippen MR) is 129 cm³/mol. The van der Waals surface area contributed by atoms with Crippen molar-refractivity contribution in [2.45, 2.75) is 64.6 Å². The van der Waals surface area contributed by atoms with Crippen LogP contribution in [0.15, 0.2) is 17.4 Å². The second-order valence-electron chi connectivity index (χ2n) is 8.55. The summed E-state index contributed by atoms with van der Waals surface area (Å²) in [4.78, 5) is 11.6. The molecular weight excluding hydrogens is 479 g/mol. The van der Waals surface area contributed by atoms with Gasteiger partial charge >= 0.3 is 0 Å². The number of nitrogens with one attached hydrogen (secondary N) is 2. The standard InChI is InChI=1S/C21H38N6O.HI/c1-18(2)16-26-10-9-23-19(26)15-24-20(22-3)25-17-21(7-5-4-6-8-21)27-11-13-28-14-12-27;/h9-10,18H,4-8,11-17H2,1-3H3,(H2,22,24,25);1H. The van der Waals surface area contributed by atoms with Crippen LogP contribution in [0.25, 0.3) is 0 Å². The zero-order valence-electron chi connectivity index (χ0n) is 18.3. The number of hydrogen-bond donors (Lipinski definition) is 2. The molecule has 0 atom stereocenters. The second-order valence-corrected chi connectivity index (χ2v) is 8.55. The SMILES string of the molecule is CN=C(NCc1nccn1CC(C)C)NCC1(N2CCOCC2)CCCCC1.I. The summed E-state index contributed by atoms with van der Waals surface area (Å²) in [6, 6.07) is 0. The highest BCUT2D eigenvalue weighted by Gasteiger charge is 2.38. The Morgan fingerprint density at radius 1 is 1.21 bits per heavy atom. The normalized spacial score (nSPS) is 20.3. The minimum absolute atomic E-state index is 0. The molecule has 0 spiro atoms. The minimum atomic E-state index is 0. The van der Waals surface area contributed by atoms with Crippen molar-refractivity contribution in [3.63, 3.8) is 0 Å². The molecule has 1 aliphatic carbocycles. The molecule has 0 aromatic carbocycles. The van der Waals surface area contributed by atoms with Gasteiger partial charge in [-0.15, -0.1) is 24.0 Å². The minimum Gasteiger partial charge on any atom is -0.379 e. The molecule has 7 nitrogen and oxygen atoms in total. The van der Waals surface area contributed by atoms with Crippen LogP contribution in [0.4, 0.5) is 0 Å². The van der Waals surface area contributed by atoms with Gasteiger partial charge in [0.15, 0.2) is 5.96 Å². The van der Waals surface area contributed by atoms with E-state index in [1.807, 2.05) is 13.2 Å². The number of morpholine rings is 1. The number of imidazole rings is 1. The van der Waals surface area contributed by atoms with Crippen molar-refractivity contribution in [2.24, 2.45) is 10.9 Å². The second kappa shape index (κ2) is 12.1. The van der Waals surface area contributed by atoms with Gasteiger partial charge in [0, 0.05) is 51.2 Å². The van der Waals surface area contributed by atoms with Crippen LogP contribution in [0, 0.1) is 5.92 Å². The van der Waals surface area contributed by atoms with Crippen molar-refractivity contribution < 1.29 is 4.74 Å². The molecule has 1 saturated heterocycles. The summed E-state index contributed by atoms with van der Waals surface area (Å²) in [6.45, 7) is 10.9. The summed E-state index contributed by atoms with van der Waals surface area (Å²) >= 11 is 0. The van der Waals surface area contributed by atoms with Crippen molar-refractivity contribution in [3.8, 4) is 0 Å². The maximum absolute atomic E-state index is 5.59. The highest BCUT2D eigenvalue weighted by atomic mass is 127. The quantitative estimate of drug-likeness (QED) is 0.330. The highest BCUT2D eigenvalue weighted by Crippen LogP contribution is 2.33. The van der Waals surface area contributed by atoms with E-state index in [4.69, 9.17) is 4.74 Å². The molecule has 0 unspecified atom stereocenters. The zero-order valence-corrected chi connectivity index (χ0v) is 20.7. The number of nitrogens with zero attached hydrogens (tertiary/aromatic N) is 4. The molecule has 8 heteroatoms. The smallest absolute Gasteiger partial charge is 0.191 e. The van der Waals surface area contributed by atoms with Crippen molar-refractivity contribution in [3.05, 3.63) is 18.2 Å². The Labute approximate surface area is 193 Å². The molecule has 166 valence electrons. The van der Waals surface area contributed by atoms with Crippen LogP contribution < -0.4 is 10.6 Å². The fraction of sp³-hybridized carbons (Fsp3) is 0.810. The first-order valence-electron chi connectivity index (χ1n) is 10.9. The number of guanidine groups is 1. The van der Waals surface area contributed by atoms with Gasteiger partial charge < -0.3 is 19.9 Å². The van der Waals surface area contributed by atoms with E-state index in [9.17, 15) is 0 Å². The first kappa shape index (κ1) is 24.4. The average Bonchev–Trinajstić information content (AvgIpc) is 3.16. The molecule has 3 rings (SSSR count). The molecule has 2 N–H and O–H groups in total. The van der Waals surface area contributed by atoms with Gasteiger partial charge in [-0.3, -0.25) is 9.89 Å². The summed E-state index contributed by atoms with van der Waals surface area (Å²) in [5, 5.41) is 7.08. The van der Waals surface area contributed by atoms with Crippen molar-refractivity contribution in [1.29, 1.82) is 0 Å². The van der Waals surface area contributed by atoms with Crippen molar-refractivity contribution >= 4 is 29.9 Å². The van der Waals surface area contributed by atoms with Gasteiger partial charge in [-0.1, -0.05) is 33.1 Å². The van der Waals surface area contributed by atoms with E-state index in [2.05, 4.69) is 50.1 Å². The van der Waals surface area contributed by atoms with Crippen molar-refractivity contribution in [2.75, 3.05) is 39.9 Å². The van der Waals surface area contributed by atoms with Crippen molar-refractivity contribution in [1.82, 2.24) is 25.1 Å². The molecule has 0 bridgehead atoms. The predicted octanol–water partition coefficient (Wildman–Crippen LogP) is 2.86. The average molecular weight is 518 g/mol. The van der Waals surface area contributed by atoms with Crippen LogP contribution in [-0.4, -0.2) is 65.8 Å². The Hall–Kier alpha value is -0.870.